The predicted octanol–water partition coefficient (Wildman–Crippen LogP) is 1.33. The number of nitrogen functional groups attached to an aromatic ring is 1. The van der Waals surface area contributed by atoms with E-state index in [1.165, 1.54) is 0 Å². The zero-order valence-electron chi connectivity index (χ0n) is 5.31. The number of halogens is 2. The van der Waals surface area contributed by atoms with Crippen LogP contribution in [0.5, 0.6) is 0 Å². The van der Waals surface area contributed by atoms with E-state index in [-0.39, 0.29) is 16.4 Å². The van der Waals surface area contributed by atoms with Gasteiger partial charge >= 0.3 is 0 Å². The van der Waals surface area contributed by atoms with E-state index >= 15 is 0 Å². The number of rotatable bonds is 0. The Kier molecular flexibility index (Phi) is 1.92. The molecule has 0 aromatic carbocycles. The molecule has 1 rings (SSSR count). The first-order chi connectivity index (χ1) is 5.16. The average molecular weight is 172 g/mol. The second-order valence-electron chi connectivity index (χ2n) is 1.80. The van der Waals surface area contributed by atoms with E-state index in [2.05, 4.69) is 4.98 Å². The molecule has 0 radical (unpaired) electrons. The summed E-state index contributed by atoms with van der Waals surface area (Å²) in [7, 11) is 0. The third kappa shape index (κ3) is 1.23. The molecular formula is C6H3ClFN3. The quantitative estimate of drug-likeness (QED) is 0.599. The summed E-state index contributed by atoms with van der Waals surface area (Å²) in [5.41, 5.74) is 4.91. The van der Waals surface area contributed by atoms with Crippen LogP contribution in [0.25, 0.3) is 0 Å². The van der Waals surface area contributed by atoms with Gasteiger partial charge in [-0.15, -0.1) is 0 Å². The highest BCUT2D eigenvalue weighted by Gasteiger charge is 2.09. The number of pyridine rings is 1. The zero-order chi connectivity index (χ0) is 8.43. The lowest BCUT2D eigenvalue weighted by Crippen LogP contribution is -1.97. The van der Waals surface area contributed by atoms with E-state index in [0.29, 0.717) is 0 Å². The molecule has 0 fully saturated rings. The molecule has 0 spiro atoms. The first-order valence-corrected chi connectivity index (χ1v) is 3.04. The number of hydrogen-bond donors (Lipinski definition) is 1. The SMILES string of the molecule is N#Cc1cnc(Cl)c(F)c1N. The van der Waals surface area contributed by atoms with Crippen LogP contribution < -0.4 is 5.73 Å². The van der Waals surface area contributed by atoms with E-state index in [1.807, 2.05) is 0 Å². The molecule has 11 heavy (non-hydrogen) atoms. The zero-order valence-corrected chi connectivity index (χ0v) is 6.06. The van der Waals surface area contributed by atoms with E-state index in [1.54, 1.807) is 6.07 Å². The Hall–Kier alpha value is -1.34. The summed E-state index contributed by atoms with van der Waals surface area (Å²) >= 11 is 5.27. The molecule has 2 N–H and O–H groups in total. The number of hydrogen-bond acceptors (Lipinski definition) is 3. The van der Waals surface area contributed by atoms with Crippen molar-refractivity contribution in [3.63, 3.8) is 0 Å². The summed E-state index contributed by atoms with van der Waals surface area (Å²) in [5, 5.41) is 8.04. The van der Waals surface area contributed by atoms with E-state index in [4.69, 9.17) is 22.6 Å². The lowest BCUT2D eigenvalue weighted by Gasteiger charge is -1.98. The third-order valence-corrected chi connectivity index (χ3v) is 1.40. The second kappa shape index (κ2) is 2.72. The third-order valence-electron chi connectivity index (χ3n) is 1.14. The van der Waals surface area contributed by atoms with Crippen LogP contribution in [0.3, 0.4) is 0 Å². The molecule has 0 bridgehead atoms. The van der Waals surface area contributed by atoms with Gasteiger partial charge in [0, 0.05) is 6.20 Å². The minimum atomic E-state index is -0.842. The highest BCUT2D eigenvalue weighted by molar-refractivity contribution is 6.29. The minimum absolute atomic E-state index is 0.00750. The molecule has 1 aromatic rings. The molecule has 0 saturated carbocycles. The fourth-order valence-corrected chi connectivity index (χ4v) is 0.716. The fourth-order valence-electron chi connectivity index (χ4n) is 0.566. The van der Waals surface area contributed by atoms with Gasteiger partial charge in [0.25, 0.3) is 0 Å². The van der Waals surface area contributed by atoms with Gasteiger partial charge in [-0.2, -0.15) is 5.26 Å². The van der Waals surface area contributed by atoms with Gasteiger partial charge in [0.1, 0.15) is 6.07 Å². The van der Waals surface area contributed by atoms with Crippen LogP contribution in [0.15, 0.2) is 6.20 Å². The minimum Gasteiger partial charge on any atom is -0.395 e. The first kappa shape index (κ1) is 7.76. The molecule has 0 aliphatic carbocycles. The molecule has 1 heterocycles. The lowest BCUT2D eigenvalue weighted by molar-refractivity contribution is 0.626. The standard InChI is InChI=1S/C6H3ClFN3/c7-6-4(8)5(10)3(1-9)2-11-6/h2H,(H2,10,11). The Morgan fingerprint density at radius 3 is 2.91 bits per heavy atom. The number of anilines is 1. The fraction of sp³-hybridized carbons (Fsp3) is 0. The van der Waals surface area contributed by atoms with Gasteiger partial charge < -0.3 is 5.73 Å². The first-order valence-electron chi connectivity index (χ1n) is 2.66. The van der Waals surface area contributed by atoms with Crippen LogP contribution >= 0.6 is 11.6 Å². The highest BCUT2D eigenvalue weighted by atomic mass is 35.5. The van der Waals surface area contributed by atoms with Crippen LogP contribution in [-0.4, -0.2) is 4.98 Å². The Morgan fingerprint density at radius 2 is 2.36 bits per heavy atom. The largest absolute Gasteiger partial charge is 0.395 e. The molecule has 0 atom stereocenters. The van der Waals surface area contributed by atoms with Crippen LogP contribution in [-0.2, 0) is 0 Å². The summed E-state index contributed by atoms with van der Waals surface area (Å²) in [6.45, 7) is 0. The molecule has 0 saturated heterocycles. The van der Waals surface area contributed by atoms with Gasteiger partial charge in [0.05, 0.1) is 11.3 Å². The summed E-state index contributed by atoms with van der Waals surface area (Å²) in [6.07, 6.45) is 1.13. The summed E-state index contributed by atoms with van der Waals surface area (Å²) < 4.78 is 12.7. The molecule has 0 aliphatic heterocycles. The predicted molar refractivity (Wildman–Crippen MR) is 38.3 cm³/mol. The van der Waals surface area contributed by atoms with Crippen molar-refractivity contribution >= 4 is 17.3 Å². The number of nitriles is 1. The lowest BCUT2D eigenvalue weighted by atomic mass is 10.2. The topological polar surface area (TPSA) is 62.7 Å². The Bertz CT molecular complexity index is 331. The van der Waals surface area contributed by atoms with E-state index in [9.17, 15) is 4.39 Å². The molecule has 3 nitrogen and oxygen atoms in total. The van der Waals surface area contributed by atoms with Crippen molar-refractivity contribution in [3.05, 3.63) is 22.7 Å². The van der Waals surface area contributed by atoms with Crippen LogP contribution in [0, 0.1) is 17.1 Å². The second-order valence-corrected chi connectivity index (χ2v) is 2.16. The van der Waals surface area contributed by atoms with Crippen molar-refractivity contribution in [2.24, 2.45) is 0 Å². The smallest absolute Gasteiger partial charge is 0.184 e. The van der Waals surface area contributed by atoms with E-state index < -0.39 is 5.82 Å². The Labute approximate surface area is 67.2 Å². The normalized spacial score (nSPS) is 9.18. The molecular weight excluding hydrogens is 169 g/mol. The highest BCUT2D eigenvalue weighted by Crippen LogP contribution is 2.20. The molecule has 0 unspecified atom stereocenters. The van der Waals surface area contributed by atoms with Crippen molar-refractivity contribution in [1.82, 2.24) is 4.98 Å². The summed E-state index contributed by atoms with van der Waals surface area (Å²) in [6, 6.07) is 1.68. The van der Waals surface area contributed by atoms with Gasteiger partial charge in [0.15, 0.2) is 11.0 Å². The maximum Gasteiger partial charge on any atom is 0.184 e. The molecule has 56 valence electrons. The maximum atomic E-state index is 12.7. The van der Waals surface area contributed by atoms with Crippen molar-refractivity contribution in [3.8, 4) is 6.07 Å². The van der Waals surface area contributed by atoms with Gasteiger partial charge in [-0.05, 0) is 0 Å². The number of nitrogens with two attached hydrogens (primary N) is 1. The van der Waals surface area contributed by atoms with Crippen molar-refractivity contribution in [2.75, 3.05) is 5.73 Å². The van der Waals surface area contributed by atoms with Crippen molar-refractivity contribution in [2.45, 2.75) is 0 Å². The Morgan fingerprint density at radius 1 is 1.73 bits per heavy atom. The van der Waals surface area contributed by atoms with Crippen LogP contribution in [0.4, 0.5) is 10.1 Å². The van der Waals surface area contributed by atoms with Crippen LogP contribution in [0.2, 0.25) is 5.15 Å². The van der Waals surface area contributed by atoms with Crippen molar-refractivity contribution < 1.29 is 4.39 Å². The maximum absolute atomic E-state index is 12.7. The monoisotopic (exact) mass is 171 g/mol. The number of nitrogens with zero attached hydrogens (tertiary/aromatic N) is 2. The molecule has 0 amide bonds. The van der Waals surface area contributed by atoms with Gasteiger partial charge in [-0.3, -0.25) is 0 Å². The molecule has 5 heteroatoms. The van der Waals surface area contributed by atoms with Gasteiger partial charge in [-0.25, -0.2) is 9.37 Å². The summed E-state index contributed by atoms with van der Waals surface area (Å²) in [4.78, 5) is 3.40. The van der Waals surface area contributed by atoms with Crippen molar-refractivity contribution in [1.29, 1.82) is 5.26 Å². The van der Waals surface area contributed by atoms with Gasteiger partial charge in [-0.1, -0.05) is 11.6 Å². The van der Waals surface area contributed by atoms with Gasteiger partial charge in [0.2, 0.25) is 0 Å². The molecule has 0 aliphatic rings. The average Bonchev–Trinajstić information content (AvgIpc) is 2.01. The summed E-state index contributed by atoms with van der Waals surface area (Å²) in [5.74, 6) is -0.842. The number of aromatic nitrogens is 1. The van der Waals surface area contributed by atoms with Crippen LogP contribution in [0.1, 0.15) is 5.56 Å². The molecule has 1 aromatic heterocycles. The van der Waals surface area contributed by atoms with E-state index in [0.717, 1.165) is 6.20 Å². The Balaban J connectivity index is 3.40.